The van der Waals surface area contributed by atoms with Gasteiger partial charge in [0.2, 0.25) is 0 Å². The maximum atomic E-state index is 5.18. The van der Waals surface area contributed by atoms with Crippen LogP contribution in [0.3, 0.4) is 0 Å². The van der Waals surface area contributed by atoms with Gasteiger partial charge in [-0.2, -0.15) is 4.98 Å². The van der Waals surface area contributed by atoms with E-state index >= 15 is 0 Å². The van der Waals surface area contributed by atoms with Crippen molar-refractivity contribution in [2.45, 2.75) is 13.0 Å². The number of aromatic nitrogens is 5. The fraction of sp³-hybridized carbons (Fsp3) is 0.600. The summed E-state index contributed by atoms with van der Waals surface area (Å²) in [6.07, 6.45) is 1.84. The molecular formula is C10H15N7O. The maximum absolute atomic E-state index is 5.18. The molecule has 1 fully saturated rings. The Morgan fingerprint density at radius 2 is 2.39 bits per heavy atom. The lowest BCUT2D eigenvalue weighted by Gasteiger charge is -2.26. The SMILES string of the molecule is CCN(C)c1noc(-c2cn(C3CNC3)nn2)n1. The fourth-order valence-corrected chi connectivity index (χ4v) is 1.63. The molecule has 96 valence electrons. The van der Waals surface area contributed by atoms with E-state index in [2.05, 4.69) is 25.8 Å². The molecule has 0 saturated carbocycles. The van der Waals surface area contributed by atoms with Crippen LogP contribution < -0.4 is 10.2 Å². The summed E-state index contributed by atoms with van der Waals surface area (Å²) in [4.78, 5) is 6.18. The summed E-state index contributed by atoms with van der Waals surface area (Å²) in [5.74, 6) is 0.969. The summed E-state index contributed by atoms with van der Waals surface area (Å²) in [7, 11) is 1.91. The van der Waals surface area contributed by atoms with E-state index in [1.165, 1.54) is 0 Å². The lowest BCUT2D eigenvalue weighted by Crippen LogP contribution is -2.43. The van der Waals surface area contributed by atoms with Crippen molar-refractivity contribution in [1.82, 2.24) is 30.5 Å². The molecule has 0 atom stereocenters. The lowest BCUT2D eigenvalue weighted by molar-refractivity contribution is 0.313. The van der Waals surface area contributed by atoms with Crippen molar-refractivity contribution in [2.75, 3.05) is 31.6 Å². The van der Waals surface area contributed by atoms with Gasteiger partial charge in [-0.25, -0.2) is 4.68 Å². The van der Waals surface area contributed by atoms with Crippen molar-refractivity contribution < 1.29 is 4.52 Å². The van der Waals surface area contributed by atoms with Crippen LogP contribution in [0, 0.1) is 0 Å². The minimum absolute atomic E-state index is 0.381. The Morgan fingerprint density at radius 3 is 3.06 bits per heavy atom. The van der Waals surface area contributed by atoms with Gasteiger partial charge in [-0.15, -0.1) is 5.10 Å². The Kier molecular flexibility index (Phi) is 2.71. The maximum Gasteiger partial charge on any atom is 0.281 e. The minimum Gasteiger partial charge on any atom is -0.342 e. The molecule has 2 aromatic heterocycles. The van der Waals surface area contributed by atoms with Gasteiger partial charge in [0.15, 0.2) is 5.69 Å². The first kappa shape index (κ1) is 11.1. The zero-order valence-corrected chi connectivity index (χ0v) is 10.4. The van der Waals surface area contributed by atoms with Crippen LogP contribution in [0.1, 0.15) is 13.0 Å². The zero-order valence-electron chi connectivity index (χ0n) is 10.4. The highest BCUT2D eigenvalue weighted by Crippen LogP contribution is 2.19. The number of anilines is 1. The molecule has 2 aromatic rings. The van der Waals surface area contributed by atoms with E-state index < -0.39 is 0 Å². The third kappa shape index (κ3) is 1.84. The molecule has 0 amide bonds. The van der Waals surface area contributed by atoms with Crippen molar-refractivity contribution >= 4 is 5.95 Å². The van der Waals surface area contributed by atoms with Gasteiger partial charge in [0.05, 0.1) is 12.2 Å². The van der Waals surface area contributed by atoms with Crippen LogP contribution in [0.25, 0.3) is 11.6 Å². The van der Waals surface area contributed by atoms with E-state index in [1.54, 1.807) is 0 Å². The summed E-state index contributed by atoms with van der Waals surface area (Å²) in [6, 6.07) is 0.381. The molecule has 0 aromatic carbocycles. The first-order valence-corrected chi connectivity index (χ1v) is 5.95. The second kappa shape index (κ2) is 4.37. The van der Waals surface area contributed by atoms with Crippen LogP contribution in [-0.4, -0.2) is 51.8 Å². The largest absolute Gasteiger partial charge is 0.342 e. The van der Waals surface area contributed by atoms with Gasteiger partial charge in [0.25, 0.3) is 11.8 Å². The molecule has 3 rings (SSSR count). The first-order chi connectivity index (χ1) is 8.78. The van der Waals surface area contributed by atoms with Crippen LogP contribution >= 0.6 is 0 Å². The van der Waals surface area contributed by atoms with Crippen LogP contribution in [0.2, 0.25) is 0 Å². The monoisotopic (exact) mass is 249 g/mol. The Morgan fingerprint density at radius 1 is 1.56 bits per heavy atom. The van der Waals surface area contributed by atoms with E-state index in [9.17, 15) is 0 Å². The third-order valence-electron chi connectivity index (χ3n) is 3.09. The van der Waals surface area contributed by atoms with Crippen molar-refractivity contribution in [3.63, 3.8) is 0 Å². The van der Waals surface area contributed by atoms with Crippen molar-refractivity contribution in [3.8, 4) is 11.6 Å². The van der Waals surface area contributed by atoms with E-state index in [0.717, 1.165) is 19.6 Å². The van der Waals surface area contributed by atoms with Crippen molar-refractivity contribution in [2.24, 2.45) is 0 Å². The number of hydrogen-bond acceptors (Lipinski definition) is 7. The predicted octanol–water partition coefficient (Wildman–Crippen LogP) is -0.0715. The lowest BCUT2D eigenvalue weighted by atomic mass is 10.2. The molecule has 1 aliphatic heterocycles. The van der Waals surface area contributed by atoms with E-state index in [4.69, 9.17) is 4.52 Å². The molecule has 0 aliphatic carbocycles. The van der Waals surface area contributed by atoms with Gasteiger partial charge < -0.3 is 14.7 Å². The van der Waals surface area contributed by atoms with Gasteiger partial charge in [0.1, 0.15) is 0 Å². The van der Waals surface area contributed by atoms with Gasteiger partial charge in [0, 0.05) is 26.7 Å². The normalized spacial score (nSPS) is 15.7. The zero-order chi connectivity index (χ0) is 12.5. The molecule has 8 nitrogen and oxygen atoms in total. The fourth-order valence-electron chi connectivity index (χ4n) is 1.63. The molecule has 18 heavy (non-hydrogen) atoms. The highest BCUT2D eigenvalue weighted by atomic mass is 16.5. The average molecular weight is 249 g/mol. The number of rotatable bonds is 4. The molecule has 8 heteroatoms. The van der Waals surface area contributed by atoms with Gasteiger partial charge in [-0.05, 0) is 12.1 Å². The van der Waals surface area contributed by atoms with Crippen molar-refractivity contribution in [1.29, 1.82) is 0 Å². The van der Waals surface area contributed by atoms with Crippen LogP contribution in [0.15, 0.2) is 10.7 Å². The Bertz CT molecular complexity index is 489. The molecule has 0 unspecified atom stereocenters. The van der Waals surface area contributed by atoms with Crippen LogP contribution in [0.5, 0.6) is 0 Å². The molecule has 1 saturated heterocycles. The number of nitrogens with one attached hydrogen (secondary N) is 1. The Labute approximate surface area is 104 Å². The second-order valence-electron chi connectivity index (χ2n) is 4.31. The summed E-state index contributed by atoms with van der Waals surface area (Å²) in [5.41, 5.74) is 0.616. The van der Waals surface area contributed by atoms with Gasteiger partial charge in [-0.1, -0.05) is 5.21 Å². The smallest absolute Gasteiger partial charge is 0.281 e. The molecule has 0 spiro atoms. The molecule has 0 bridgehead atoms. The minimum atomic E-state index is 0.381. The highest BCUT2D eigenvalue weighted by molar-refractivity contribution is 5.46. The molecule has 0 radical (unpaired) electrons. The Balaban J connectivity index is 1.81. The highest BCUT2D eigenvalue weighted by Gasteiger charge is 2.22. The summed E-state index contributed by atoms with van der Waals surface area (Å²) in [6.45, 7) is 4.70. The molecular weight excluding hydrogens is 234 g/mol. The van der Waals surface area contributed by atoms with Gasteiger partial charge in [-0.3, -0.25) is 0 Å². The molecule has 3 heterocycles. The first-order valence-electron chi connectivity index (χ1n) is 5.95. The van der Waals surface area contributed by atoms with Crippen LogP contribution in [-0.2, 0) is 0 Å². The molecule has 1 aliphatic rings. The van der Waals surface area contributed by atoms with Crippen molar-refractivity contribution in [3.05, 3.63) is 6.20 Å². The van der Waals surface area contributed by atoms with E-state index in [1.807, 2.05) is 29.7 Å². The molecule has 1 N–H and O–H groups in total. The summed E-state index contributed by atoms with van der Waals surface area (Å²) in [5, 5.41) is 15.2. The number of nitrogens with zero attached hydrogens (tertiary/aromatic N) is 6. The number of hydrogen-bond donors (Lipinski definition) is 1. The summed E-state index contributed by atoms with van der Waals surface area (Å²) < 4.78 is 7.02. The predicted molar refractivity (Wildman–Crippen MR) is 64.2 cm³/mol. The Hall–Kier alpha value is -1.96. The second-order valence-corrected chi connectivity index (χ2v) is 4.31. The summed E-state index contributed by atoms with van der Waals surface area (Å²) >= 11 is 0. The standard InChI is InChI=1S/C10H15N7O/c1-3-16(2)10-12-9(18-14-10)8-6-17(15-13-8)7-4-11-5-7/h6-7,11H,3-5H2,1-2H3. The topological polar surface area (TPSA) is 84.9 Å². The van der Waals surface area contributed by atoms with Crippen LogP contribution in [0.4, 0.5) is 5.95 Å². The van der Waals surface area contributed by atoms with E-state index in [-0.39, 0.29) is 0 Å². The average Bonchev–Trinajstić information content (AvgIpc) is 2.93. The quantitative estimate of drug-likeness (QED) is 0.811. The van der Waals surface area contributed by atoms with Gasteiger partial charge >= 0.3 is 0 Å². The third-order valence-corrected chi connectivity index (χ3v) is 3.09. The van der Waals surface area contributed by atoms with E-state index in [0.29, 0.717) is 23.6 Å².